The Balaban J connectivity index is 1.78. The van der Waals surface area contributed by atoms with Crippen molar-refractivity contribution in [3.05, 3.63) is 64.1 Å². The van der Waals surface area contributed by atoms with Gasteiger partial charge in [-0.3, -0.25) is 4.79 Å². The molecule has 3 rings (SSSR count). The smallest absolute Gasteiger partial charge is 0.341 e. The van der Waals surface area contributed by atoms with Crippen LogP contribution in [-0.4, -0.2) is 39.8 Å². The van der Waals surface area contributed by atoms with E-state index in [1.54, 1.807) is 42.5 Å². The number of nitrogens with zero attached hydrogens (tertiary/aromatic N) is 1. The number of aryl methyl sites for hydroxylation is 1. The number of nitrogens with one attached hydrogen (secondary N) is 1. The Kier molecular flexibility index (Phi) is 5.99. The number of carboxylic acid groups (broad SMARTS) is 2. The van der Waals surface area contributed by atoms with Gasteiger partial charge in [-0.2, -0.15) is 0 Å². The predicted octanol–water partition coefficient (Wildman–Crippen LogP) is 3.05. The van der Waals surface area contributed by atoms with Crippen LogP contribution in [0.4, 0.5) is 5.69 Å². The lowest BCUT2D eigenvalue weighted by molar-refractivity contribution is -0.139. The number of thioether (sulfide) groups is 1. The number of aliphatic carboxylic acids is 1. The Morgan fingerprint density at radius 2 is 1.90 bits per heavy atom. The molecule has 0 aromatic heterocycles. The molecular weight excluding hydrogens is 396 g/mol. The number of carbonyl (C=O) groups excluding carboxylic acids is 1. The van der Waals surface area contributed by atoms with Gasteiger partial charge in [0.25, 0.3) is 5.91 Å². The number of carbonyl (C=O) groups is 3. The number of amides is 1. The van der Waals surface area contributed by atoms with E-state index in [9.17, 15) is 19.5 Å². The van der Waals surface area contributed by atoms with Crippen LogP contribution in [0, 0.1) is 6.92 Å². The largest absolute Gasteiger partial charge is 0.482 e. The predicted molar refractivity (Wildman–Crippen MR) is 109 cm³/mol. The molecule has 1 aliphatic rings. The number of rotatable bonds is 6. The molecule has 1 fully saturated rings. The number of amidine groups is 1. The fourth-order valence-electron chi connectivity index (χ4n) is 2.46. The fourth-order valence-corrected chi connectivity index (χ4v) is 3.30. The fraction of sp³-hybridized carbons (Fsp3) is 0.100. The lowest BCUT2D eigenvalue weighted by Crippen LogP contribution is -2.19. The number of ether oxygens (including phenoxy) is 1. The first-order chi connectivity index (χ1) is 13.8. The SMILES string of the molecule is Cc1ccc(C(=O)O)c(N=C2NC(=O)/C(=C/c3ccc(OCC(=O)O)cc3)S2)c1. The number of benzene rings is 2. The molecule has 1 saturated heterocycles. The monoisotopic (exact) mass is 412 g/mol. The van der Waals surface area contributed by atoms with Gasteiger partial charge in [0.05, 0.1) is 16.2 Å². The summed E-state index contributed by atoms with van der Waals surface area (Å²) in [4.78, 5) is 38.8. The van der Waals surface area contributed by atoms with Crippen LogP contribution < -0.4 is 10.1 Å². The van der Waals surface area contributed by atoms with E-state index in [-0.39, 0.29) is 22.3 Å². The number of aliphatic imine (C=N–C) groups is 1. The van der Waals surface area contributed by atoms with E-state index in [4.69, 9.17) is 9.84 Å². The van der Waals surface area contributed by atoms with E-state index in [0.717, 1.165) is 17.3 Å². The first kappa shape index (κ1) is 20.2. The molecule has 0 spiro atoms. The van der Waals surface area contributed by atoms with Crippen molar-refractivity contribution >= 4 is 46.5 Å². The lowest BCUT2D eigenvalue weighted by Gasteiger charge is -2.03. The third-order valence-corrected chi connectivity index (χ3v) is 4.71. The van der Waals surface area contributed by atoms with Gasteiger partial charge in [-0.15, -0.1) is 0 Å². The minimum atomic E-state index is -1.10. The van der Waals surface area contributed by atoms with Crippen molar-refractivity contribution in [1.29, 1.82) is 0 Å². The summed E-state index contributed by atoms with van der Waals surface area (Å²) in [5, 5.41) is 20.8. The van der Waals surface area contributed by atoms with Crippen molar-refractivity contribution in [1.82, 2.24) is 5.32 Å². The number of hydrogen-bond acceptors (Lipinski definition) is 6. The molecule has 9 heteroatoms. The number of carboxylic acids is 2. The summed E-state index contributed by atoms with van der Waals surface area (Å²) in [5.74, 6) is -2.10. The van der Waals surface area contributed by atoms with Gasteiger partial charge in [-0.05, 0) is 60.2 Å². The van der Waals surface area contributed by atoms with Crippen molar-refractivity contribution in [3.63, 3.8) is 0 Å². The van der Waals surface area contributed by atoms with E-state index in [1.807, 2.05) is 6.92 Å². The average molecular weight is 412 g/mol. The van der Waals surface area contributed by atoms with Gasteiger partial charge in [0.2, 0.25) is 0 Å². The van der Waals surface area contributed by atoms with Gasteiger partial charge in [0.15, 0.2) is 11.8 Å². The molecule has 1 aliphatic heterocycles. The zero-order chi connectivity index (χ0) is 21.0. The van der Waals surface area contributed by atoms with Crippen LogP contribution in [0.5, 0.6) is 5.75 Å². The first-order valence-electron chi connectivity index (χ1n) is 8.40. The molecule has 29 heavy (non-hydrogen) atoms. The summed E-state index contributed by atoms with van der Waals surface area (Å²) in [6, 6.07) is 11.4. The van der Waals surface area contributed by atoms with E-state index in [1.165, 1.54) is 6.07 Å². The summed E-state index contributed by atoms with van der Waals surface area (Å²) >= 11 is 1.10. The molecule has 3 N–H and O–H groups in total. The summed E-state index contributed by atoms with van der Waals surface area (Å²) in [5.41, 5.74) is 1.88. The highest BCUT2D eigenvalue weighted by Crippen LogP contribution is 2.30. The Morgan fingerprint density at radius 3 is 2.55 bits per heavy atom. The molecule has 0 saturated carbocycles. The van der Waals surface area contributed by atoms with Crippen molar-refractivity contribution in [2.75, 3.05) is 6.61 Å². The maximum atomic E-state index is 12.2. The Labute approximate surface area is 169 Å². The second-order valence-corrected chi connectivity index (χ2v) is 7.09. The van der Waals surface area contributed by atoms with Gasteiger partial charge in [-0.1, -0.05) is 18.2 Å². The van der Waals surface area contributed by atoms with Gasteiger partial charge in [-0.25, -0.2) is 14.6 Å². The molecule has 0 atom stereocenters. The standard InChI is InChI=1S/C20H16N2O6S/c1-11-2-7-14(19(26)27)15(8-11)21-20-22-18(25)16(29-20)9-12-3-5-13(6-4-12)28-10-17(23)24/h2-9H,10H2,1H3,(H,23,24)(H,26,27)(H,21,22,25)/b16-9-. The Morgan fingerprint density at radius 1 is 1.17 bits per heavy atom. The molecule has 0 radical (unpaired) electrons. The highest BCUT2D eigenvalue weighted by atomic mass is 32.2. The van der Waals surface area contributed by atoms with Crippen LogP contribution in [0.25, 0.3) is 6.08 Å². The van der Waals surface area contributed by atoms with E-state index in [2.05, 4.69) is 10.3 Å². The van der Waals surface area contributed by atoms with Crippen LogP contribution in [0.1, 0.15) is 21.5 Å². The van der Waals surface area contributed by atoms with Gasteiger partial charge < -0.3 is 20.3 Å². The van der Waals surface area contributed by atoms with Gasteiger partial charge >= 0.3 is 11.9 Å². The van der Waals surface area contributed by atoms with Crippen molar-refractivity contribution < 1.29 is 29.3 Å². The quantitative estimate of drug-likeness (QED) is 0.623. The summed E-state index contributed by atoms with van der Waals surface area (Å²) in [7, 11) is 0. The molecule has 148 valence electrons. The third-order valence-electron chi connectivity index (χ3n) is 3.80. The first-order valence-corrected chi connectivity index (χ1v) is 9.21. The Hall–Kier alpha value is -3.59. The topological polar surface area (TPSA) is 125 Å². The van der Waals surface area contributed by atoms with Gasteiger partial charge in [0.1, 0.15) is 5.75 Å². The van der Waals surface area contributed by atoms with Crippen LogP contribution in [0.15, 0.2) is 52.4 Å². The maximum Gasteiger partial charge on any atom is 0.341 e. The molecule has 0 bridgehead atoms. The maximum absolute atomic E-state index is 12.2. The summed E-state index contributed by atoms with van der Waals surface area (Å²) < 4.78 is 5.07. The van der Waals surface area contributed by atoms with Crippen LogP contribution in [0.3, 0.4) is 0 Å². The highest BCUT2D eigenvalue weighted by Gasteiger charge is 2.24. The van der Waals surface area contributed by atoms with E-state index in [0.29, 0.717) is 16.2 Å². The van der Waals surface area contributed by atoms with E-state index < -0.39 is 18.5 Å². The minimum Gasteiger partial charge on any atom is -0.482 e. The molecule has 1 heterocycles. The molecular formula is C20H16N2O6S. The van der Waals surface area contributed by atoms with Gasteiger partial charge in [0, 0.05) is 0 Å². The molecule has 1 amide bonds. The molecule has 0 unspecified atom stereocenters. The minimum absolute atomic E-state index is 0.0485. The normalized spacial score (nSPS) is 16.1. The second kappa shape index (κ2) is 8.61. The van der Waals surface area contributed by atoms with Crippen molar-refractivity contribution in [2.45, 2.75) is 6.92 Å². The van der Waals surface area contributed by atoms with Crippen LogP contribution in [-0.2, 0) is 9.59 Å². The number of hydrogen-bond donors (Lipinski definition) is 3. The Bertz CT molecular complexity index is 1040. The van der Waals surface area contributed by atoms with Crippen molar-refractivity contribution in [2.24, 2.45) is 4.99 Å². The van der Waals surface area contributed by atoms with Crippen LogP contribution in [0.2, 0.25) is 0 Å². The summed E-state index contributed by atoms with van der Waals surface area (Å²) in [6.07, 6.45) is 1.65. The molecule has 2 aromatic carbocycles. The average Bonchev–Trinajstić information content (AvgIpc) is 2.99. The summed E-state index contributed by atoms with van der Waals surface area (Å²) in [6.45, 7) is 1.39. The van der Waals surface area contributed by atoms with Crippen LogP contribution >= 0.6 is 11.8 Å². The molecule has 2 aromatic rings. The lowest BCUT2D eigenvalue weighted by atomic mass is 10.1. The van der Waals surface area contributed by atoms with Crippen molar-refractivity contribution in [3.8, 4) is 5.75 Å². The zero-order valence-corrected chi connectivity index (χ0v) is 16.0. The molecule has 0 aliphatic carbocycles. The van der Waals surface area contributed by atoms with E-state index >= 15 is 0 Å². The molecule has 8 nitrogen and oxygen atoms in total. The highest BCUT2D eigenvalue weighted by molar-refractivity contribution is 8.18. The zero-order valence-electron chi connectivity index (χ0n) is 15.2. The third kappa shape index (κ3) is 5.23. The number of aromatic carboxylic acids is 1. The second-order valence-electron chi connectivity index (χ2n) is 6.06.